The number of carboxylic acids is 1. The van der Waals surface area contributed by atoms with Crippen LogP contribution in [0.2, 0.25) is 0 Å². The Bertz CT molecular complexity index is 558. The zero-order valence-corrected chi connectivity index (χ0v) is 11.9. The Morgan fingerprint density at radius 2 is 2.10 bits per heavy atom. The van der Waals surface area contributed by atoms with Crippen molar-refractivity contribution in [3.63, 3.8) is 0 Å². The molecule has 0 bridgehead atoms. The van der Waals surface area contributed by atoms with E-state index in [0.29, 0.717) is 31.4 Å². The number of aryl methyl sites for hydroxylation is 1. The largest absolute Gasteiger partial charge is 0.481 e. The van der Waals surface area contributed by atoms with Gasteiger partial charge in [0.15, 0.2) is 0 Å². The third kappa shape index (κ3) is 2.68. The SMILES string of the molecule is Cc1cocc1C(=O)NC1CCOC2(C1)CC(C(=O)O)C2. The predicted octanol–water partition coefficient (Wildman–Crippen LogP) is 1.73. The van der Waals surface area contributed by atoms with E-state index in [1.54, 1.807) is 6.26 Å². The van der Waals surface area contributed by atoms with Gasteiger partial charge in [-0.25, -0.2) is 0 Å². The van der Waals surface area contributed by atoms with Crippen LogP contribution in [-0.2, 0) is 9.53 Å². The molecule has 114 valence electrons. The van der Waals surface area contributed by atoms with E-state index in [4.69, 9.17) is 14.3 Å². The lowest BCUT2D eigenvalue weighted by molar-refractivity contribution is -0.181. The standard InChI is InChI=1S/C15H19NO5/c1-9-7-20-8-12(9)13(17)16-11-2-3-21-15(6-11)4-10(5-15)14(18)19/h7-8,10-11H,2-6H2,1H3,(H,16,17)(H,18,19). The van der Waals surface area contributed by atoms with E-state index >= 15 is 0 Å². The molecule has 2 N–H and O–H groups in total. The fraction of sp³-hybridized carbons (Fsp3) is 0.600. The molecule has 2 aliphatic rings. The molecule has 1 saturated heterocycles. The summed E-state index contributed by atoms with van der Waals surface area (Å²) in [4.78, 5) is 23.1. The quantitative estimate of drug-likeness (QED) is 0.886. The van der Waals surface area contributed by atoms with Crippen molar-refractivity contribution in [3.05, 3.63) is 23.7 Å². The van der Waals surface area contributed by atoms with Crippen molar-refractivity contribution in [1.29, 1.82) is 0 Å². The van der Waals surface area contributed by atoms with Gasteiger partial charge in [0.2, 0.25) is 0 Å². The van der Waals surface area contributed by atoms with Crippen LogP contribution in [0.3, 0.4) is 0 Å². The van der Waals surface area contributed by atoms with Crippen LogP contribution < -0.4 is 5.32 Å². The highest BCUT2D eigenvalue weighted by Gasteiger charge is 2.51. The fourth-order valence-electron chi connectivity index (χ4n) is 3.30. The van der Waals surface area contributed by atoms with Gasteiger partial charge in [-0.2, -0.15) is 0 Å². The molecule has 6 heteroatoms. The van der Waals surface area contributed by atoms with Crippen LogP contribution in [-0.4, -0.2) is 35.2 Å². The maximum atomic E-state index is 12.2. The summed E-state index contributed by atoms with van der Waals surface area (Å²) in [6.07, 6.45) is 5.51. The number of nitrogens with one attached hydrogen (secondary N) is 1. The fourth-order valence-corrected chi connectivity index (χ4v) is 3.30. The van der Waals surface area contributed by atoms with E-state index in [-0.39, 0.29) is 23.5 Å². The Hall–Kier alpha value is -1.82. The van der Waals surface area contributed by atoms with Crippen molar-refractivity contribution >= 4 is 11.9 Å². The number of amides is 1. The topological polar surface area (TPSA) is 88.8 Å². The second kappa shape index (κ2) is 5.18. The number of furan rings is 1. The molecule has 2 fully saturated rings. The van der Waals surface area contributed by atoms with Crippen LogP contribution in [0.25, 0.3) is 0 Å². The molecule has 6 nitrogen and oxygen atoms in total. The lowest BCUT2D eigenvalue weighted by Crippen LogP contribution is -2.56. The highest BCUT2D eigenvalue weighted by Crippen LogP contribution is 2.46. The number of carbonyl (C=O) groups excluding carboxylic acids is 1. The van der Waals surface area contributed by atoms with Crippen molar-refractivity contribution in [3.8, 4) is 0 Å². The highest BCUT2D eigenvalue weighted by atomic mass is 16.5. The number of rotatable bonds is 3. The lowest BCUT2D eigenvalue weighted by atomic mass is 9.66. The van der Waals surface area contributed by atoms with Crippen LogP contribution in [0.1, 0.15) is 41.6 Å². The number of hydrogen-bond acceptors (Lipinski definition) is 4. The zero-order chi connectivity index (χ0) is 15.0. The number of ether oxygens (including phenoxy) is 1. The molecular weight excluding hydrogens is 274 g/mol. The third-order valence-corrected chi connectivity index (χ3v) is 4.51. The Kier molecular flexibility index (Phi) is 3.49. The zero-order valence-electron chi connectivity index (χ0n) is 11.9. The Balaban J connectivity index is 1.59. The van der Waals surface area contributed by atoms with Crippen molar-refractivity contribution < 1.29 is 23.8 Å². The van der Waals surface area contributed by atoms with E-state index in [1.807, 2.05) is 6.92 Å². The molecule has 0 radical (unpaired) electrons. The van der Waals surface area contributed by atoms with Crippen LogP contribution in [0.5, 0.6) is 0 Å². The molecule has 1 unspecified atom stereocenters. The van der Waals surface area contributed by atoms with Crippen molar-refractivity contribution in [2.75, 3.05) is 6.61 Å². The van der Waals surface area contributed by atoms with Gasteiger partial charge in [-0.3, -0.25) is 9.59 Å². The summed E-state index contributed by atoms with van der Waals surface area (Å²) in [7, 11) is 0. The van der Waals surface area contributed by atoms with E-state index in [2.05, 4.69) is 5.32 Å². The van der Waals surface area contributed by atoms with E-state index in [9.17, 15) is 9.59 Å². The number of hydrogen-bond donors (Lipinski definition) is 2. The molecule has 21 heavy (non-hydrogen) atoms. The number of aliphatic carboxylic acids is 1. The summed E-state index contributed by atoms with van der Waals surface area (Å²) in [5.74, 6) is -1.21. The van der Waals surface area contributed by atoms with Gasteiger partial charge in [0.25, 0.3) is 5.91 Å². The molecule has 1 aromatic rings. The lowest BCUT2D eigenvalue weighted by Gasteiger charge is -2.50. The van der Waals surface area contributed by atoms with Gasteiger partial charge in [0.1, 0.15) is 6.26 Å². The first-order chi connectivity index (χ1) is 9.99. The van der Waals surface area contributed by atoms with Gasteiger partial charge in [-0.05, 0) is 38.2 Å². The summed E-state index contributed by atoms with van der Waals surface area (Å²) in [6, 6.07) is 0.0234. The van der Waals surface area contributed by atoms with Crippen LogP contribution >= 0.6 is 0 Å². The Morgan fingerprint density at radius 3 is 2.71 bits per heavy atom. The van der Waals surface area contributed by atoms with E-state index in [1.165, 1.54) is 6.26 Å². The van der Waals surface area contributed by atoms with Gasteiger partial charge in [0, 0.05) is 12.6 Å². The first-order valence-electron chi connectivity index (χ1n) is 7.19. The molecular formula is C15H19NO5. The maximum Gasteiger partial charge on any atom is 0.306 e. The molecule has 1 atom stereocenters. The summed E-state index contributed by atoms with van der Waals surface area (Å²) in [6.45, 7) is 2.38. The minimum Gasteiger partial charge on any atom is -0.481 e. The summed E-state index contributed by atoms with van der Waals surface area (Å²) < 4.78 is 10.8. The first kappa shape index (κ1) is 14.1. The average Bonchev–Trinajstić information content (AvgIpc) is 2.82. The van der Waals surface area contributed by atoms with E-state index < -0.39 is 5.97 Å². The van der Waals surface area contributed by atoms with Gasteiger partial charge in [-0.15, -0.1) is 0 Å². The van der Waals surface area contributed by atoms with Crippen molar-refractivity contribution in [2.24, 2.45) is 5.92 Å². The van der Waals surface area contributed by atoms with E-state index in [0.717, 1.165) is 12.0 Å². The number of carboxylic acid groups (broad SMARTS) is 1. The minimum absolute atomic E-state index is 0.0234. The minimum atomic E-state index is -0.760. The highest BCUT2D eigenvalue weighted by molar-refractivity contribution is 5.95. The normalized spacial score (nSPS) is 31.7. The van der Waals surface area contributed by atoms with Crippen LogP contribution in [0, 0.1) is 12.8 Å². The van der Waals surface area contributed by atoms with Crippen LogP contribution in [0.15, 0.2) is 16.9 Å². The first-order valence-corrected chi connectivity index (χ1v) is 7.19. The molecule has 1 amide bonds. The van der Waals surface area contributed by atoms with Crippen molar-refractivity contribution in [1.82, 2.24) is 5.32 Å². The maximum absolute atomic E-state index is 12.2. The second-order valence-corrected chi connectivity index (χ2v) is 6.11. The van der Waals surface area contributed by atoms with Gasteiger partial charge in [0.05, 0.1) is 23.3 Å². The molecule has 0 aromatic carbocycles. The Morgan fingerprint density at radius 1 is 1.33 bits per heavy atom. The predicted molar refractivity (Wildman–Crippen MR) is 73.0 cm³/mol. The molecule has 3 rings (SSSR count). The third-order valence-electron chi connectivity index (χ3n) is 4.51. The second-order valence-electron chi connectivity index (χ2n) is 6.11. The molecule has 1 aliphatic carbocycles. The molecule has 1 aromatic heterocycles. The van der Waals surface area contributed by atoms with Gasteiger partial charge < -0.3 is 19.6 Å². The molecule has 1 spiro atoms. The monoisotopic (exact) mass is 293 g/mol. The molecule has 1 saturated carbocycles. The van der Waals surface area contributed by atoms with Gasteiger partial charge in [-0.1, -0.05) is 0 Å². The molecule has 2 heterocycles. The Labute approximate surface area is 122 Å². The smallest absolute Gasteiger partial charge is 0.306 e. The van der Waals surface area contributed by atoms with Gasteiger partial charge >= 0.3 is 5.97 Å². The summed E-state index contributed by atoms with van der Waals surface area (Å²) in [5, 5.41) is 12.0. The van der Waals surface area contributed by atoms with Crippen LogP contribution in [0.4, 0.5) is 0 Å². The molecule has 1 aliphatic heterocycles. The average molecular weight is 293 g/mol. The summed E-state index contributed by atoms with van der Waals surface area (Å²) >= 11 is 0. The summed E-state index contributed by atoms with van der Waals surface area (Å²) in [5.41, 5.74) is 1.00. The number of carbonyl (C=O) groups is 2. The van der Waals surface area contributed by atoms with Crippen molar-refractivity contribution in [2.45, 2.75) is 44.2 Å².